The van der Waals surface area contributed by atoms with Crippen molar-refractivity contribution < 1.29 is 45.9 Å². The monoisotopic (exact) mass is 619 g/mol. The molecule has 2 aliphatic rings. The van der Waals surface area contributed by atoms with E-state index < -0.39 is 41.3 Å². The van der Waals surface area contributed by atoms with Gasteiger partial charge in [-0.2, -0.15) is 4.42 Å². The molecule has 1 saturated carbocycles. The summed E-state index contributed by atoms with van der Waals surface area (Å²) in [5, 5.41) is 12.2. The van der Waals surface area contributed by atoms with Crippen LogP contribution in [0.1, 0.15) is 52.5 Å². The number of methoxy groups -OCH3 is 1. The average molecular weight is 621 g/mol. The van der Waals surface area contributed by atoms with Gasteiger partial charge < -0.3 is 36.3 Å². The van der Waals surface area contributed by atoms with E-state index in [1.165, 1.54) is 18.1 Å². The predicted octanol–water partition coefficient (Wildman–Crippen LogP) is 1.62. The van der Waals surface area contributed by atoms with Gasteiger partial charge >= 0.3 is 6.09 Å². The quantitative estimate of drug-likeness (QED) is 0.195. The van der Waals surface area contributed by atoms with Crippen molar-refractivity contribution in [2.75, 3.05) is 19.1 Å². The van der Waals surface area contributed by atoms with E-state index in [1.807, 2.05) is 39.0 Å². The standard InChI is InChI=1S/C27H39ClNO6S.BrH/c1-18(2)12-13-22-26(4,35-22)24-23(33-5)21(34-25(31)29(28)19(3)30)14-15-27(24,32)17-36(6)16-20-10-8-7-9-11-20;/h7-12,21-24,32H,13-17H2,1-6H3;1H/q+1;/p-1. The molecule has 7 nitrogen and oxygen atoms in total. The van der Waals surface area contributed by atoms with Crippen LogP contribution in [0.5, 0.6) is 0 Å². The van der Waals surface area contributed by atoms with E-state index >= 15 is 0 Å². The van der Waals surface area contributed by atoms with Crippen molar-refractivity contribution in [3.05, 3.63) is 47.5 Å². The minimum atomic E-state index is -1.08. The molecule has 0 spiro atoms. The summed E-state index contributed by atoms with van der Waals surface area (Å²) in [6, 6.07) is 10.3. The van der Waals surface area contributed by atoms with Crippen LogP contribution in [0.15, 0.2) is 42.0 Å². The number of ether oxygens (including phenoxy) is 3. The number of aliphatic hydroxyl groups is 1. The molecule has 10 heteroatoms. The van der Waals surface area contributed by atoms with Crippen LogP contribution in [0.4, 0.5) is 4.79 Å². The number of carbonyl (C=O) groups is 2. The van der Waals surface area contributed by atoms with Gasteiger partial charge in [-0.15, -0.1) is 0 Å². The lowest BCUT2D eigenvalue weighted by Gasteiger charge is -2.48. The molecule has 1 heterocycles. The topological polar surface area (TPSA) is 88.6 Å². The Balaban J connectivity index is 0.00000481. The molecule has 1 saturated heterocycles. The molecule has 1 aliphatic heterocycles. The zero-order chi connectivity index (χ0) is 26.7. The Morgan fingerprint density at radius 3 is 2.49 bits per heavy atom. The molecular formula is C27H39BrClNO6S. The molecular weight excluding hydrogens is 582 g/mol. The van der Waals surface area contributed by atoms with Crippen LogP contribution in [-0.2, 0) is 35.7 Å². The first kappa shape index (κ1) is 32.1. The van der Waals surface area contributed by atoms with E-state index in [2.05, 4.69) is 24.5 Å². The van der Waals surface area contributed by atoms with E-state index in [0.29, 0.717) is 23.0 Å². The van der Waals surface area contributed by atoms with E-state index in [9.17, 15) is 14.7 Å². The lowest BCUT2D eigenvalue weighted by molar-refractivity contribution is -0.171. The molecule has 7 atom stereocenters. The van der Waals surface area contributed by atoms with Gasteiger partial charge in [-0.05, 0) is 50.9 Å². The third-order valence-corrected chi connectivity index (χ3v) is 9.38. The molecule has 3 rings (SSSR count). The van der Waals surface area contributed by atoms with Gasteiger partial charge in [0.05, 0.1) is 18.3 Å². The van der Waals surface area contributed by atoms with Crippen molar-refractivity contribution in [1.82, 2.24) is 4.42 Å². The summed E-state index contributed by atoms with van der Waals surface area (Å²) in [4.78, 5) is 24.0. The third kappa shape index (κ3) is 7.73. The molecule has 0 radical (unpaired) electrons. The summed E-state index contributed by atoms with van der Waals surface area (Å²) in [5.41, 5.74) is 0.707. The van der Waals surface area contributed by atoms with Crippen molar-refractivity contribution in [3.8, 4) is 0 Å². The van der Waals surface area contributed by atoms with E-state index in [1.54, 1.807) is 7.11 Å². The van der Waals surface area contributed by atoms with Gasteiger partial charge in [-0.3, -0.25) is 4.79 Å². The van der Waals surface area contributed by atoms with Crippen LogP contribution in [-0.4, -0.2) is 70.2 Å². The molecule has 2 fully saturated rings. The Labute approximate surface area is 239 Å². The van der Waals surface area contributed by atoms with Crippen LogP contribution in [0.25, 0.3) is 0 Å². The Bertz CT molecular complexity index is 963. The van der Waals surface area contributed by atoms with E-state index in [4.69, 9.17) is 26.0 Å². The normalized spacial score (nSPS) is 31.5. The summed E-state index contributed by atoms with van der Waals surface area (Å²) in [7, 11) is 1.44. The first-order chi connectivity index (χ1) is 16.9. The highest BCUT2D eigenvalue weighted by Crippen LogP contribution is 2.55. The summed E-state index contributed by atoms with van der Waals surface area (Å²) in [6.45, 7) is 7.29. The van der Waals surface area contributed by atoms with Crippen LogP contribution in [0.2, 0.25) is 0 Å². The maximum Gasteiger partial charge on any atom is 0.432 e. The molecule has 1 aromatic rings. The lowest BCUT2D eigenvalue weighted by atomic mass is 9.66. The molecule has 1 aromatic carbocycles. The smallest absolute Gasteiger partial charge is 0.432 e. The number of hydrogen-bond donors (Lipinski definition) is 1. The molecule has 7 unspecified atom stereocenters. The molecule has 0 bridgehead atoms. The Kier molecular flexibility index (Phi) is 11.5. The number of nitrogens with zero attached hydrogens (tertiary/aromatic N) is 1. The zero-order valence-electron chi connectivity index (χ0n) is 22.4. The number of carbonyl (C=O) groups excluding carboxylic acids is 2. The molecule has 37 heavy (non-hydrogen) atoms. The number of halogens is 2. The summed E-state index contributed by atoms with van der Waals surface area (Å²) >= 11 is 5.80. The average Bonchev–Trinajstić information content (AvgIpc) is 3.48. The van der Waals surface area contributed by atoms with Gasteiger partial charge in [-0.25, -0.2) is 4.79 Å². The Hall–Kier alpha value is -1.10. The van der Waals surface area contributed by atoms with Crippen molar-refractivity contribution in [2.45, 2.75) is 82.2 Å². The fraction of sp³-hybridized carbons (Fsp3) is 0.630. The third-order valence-electron chi connectivity index (χ3n) is 7.18. The fourth-order valence-electron chi connectivity index (χ4n) is 5.48. The SMILES string of the molecule is COC1C(OC(=O)N(Cl)C(C)=O)CCC(O)(C[S+](C)Cc2ccccc2)C1C1(C)OC1CC=C(C)C.[Br-]. The predicted molar refractivity (Wildman–Crippen MR) is 143 cm³/mol. The Morgan fingerprint density at radius 1 is 1.27 bits per heavy atom. The van der Waals surface area contributed by atoms with Gasteiger partial charge in [0.25, 0.3) is 0 Å². The molecule has 1 N–H and O–H groups in total. The number of amides is 2. The summed E-state index contributed by atoms with van der Waals surface area (Å²) < 4.78 is 18.2. The van der Waals surface area contributed by atoms with Crippen molar-refractivity contribution >= 4 is 34.7 Å². The van der Waals surface area contributed by atoms with Crippen molar-refractivity contribution in [2.24, 2.45) is 5.92 Å². The summed E-state index contributed by atoms with van der Waals surface area (Å²) in [5.74, 6) is 0.375. The number of imide groups is 1. The molecule has 1 aliphatic carbocycles. The first-order valence-corrected chi connectivity index (χ1v) is 14.6. The molecule has 2 amide bonds. The number of allylic oxidation sites excluding steroid dienone is 1. The molecule has 208 valence electrons. The second-order valence-corrected chi connectivity index (χ2v) is 12.9. The lowest BCUT2D eigenvalue weighted by Crippen LogP contribution is -3.00. The highest BCUT2D eigenvalue weighted by Gasteiger charge is 2.68. The van der Waals surface area contributed by atoms with Crippen molar-refractivity contribution in [1.29, 1.82) is 0 Å². The van der Waals surface area contributed by atoms with Crippen LogP contribution in [0, 0.1) is 5.92 Å². The Morgan fingerprint density at radius 2 is 1.92 bits per heavy atom. The number of benzene rings is 1. The first-order valence-electron chi connectivity index (χ1n) is 12.3. The van der Waals surface area contributed by atoms with Gasteiger partial charge in [0, 0.05) is 31.4 Å². The summed E-state index contributed by atoms with van der Waals surface area (Å²) in [6.07, 6.45) is 3.52. The highest BCUT2D eigenvalue weighted by atomic mass is 79.9. The van der Waals surface area contributed by atoms with Crippen molar-refractivity contribution in [3.63, 3.8) is 0 Å². The van der Waals surface area contributed by atoms with Crippen LogP contribution < -0.4 is 17.0 Å². The minimum Gasteiger partial charge on any atom is -1.00 e. The second-order valence-electron chi connectivity index (χ2n) is 10.4. The highest BCUT2D eigenvalue weighted by molar-refractivity contribution is 7.95. The second kappa shape index (κ2) is 13.3. The maximum atomic E-state index is 12.5. The number of hydrogen-bond acceptors (Lipinski definition) is 6. The number of epoxide rings is 1. The number of rotatable bonds is 9. The van der Waals surface area contributed by atoms with Gasteiger partial charge in [0.2, 0.25) is 5.91 Å². The van der Waals surface area contributed by atoms with E-state index in [0.717, 1.165) is 12.2 Å². The van der Waals surface area contributed by atoms with Crippen LogP contribution >= 0.6 is 11.8 Å². The maximum absolute atomic E-state index is 12.5. The molecule has 0 aromatic heterocycles. The van der Waals surface area contributed by atoms with E-state index in [-0.39, 0.29) is 34.0 Å². The van der Waals surface area contributed by atoms with Gasteiger partial charge in [0.15, 0.2) is 0 Å². The van der Waals surface area contributed by atoms with Crippen LogP contribution in [0.3, 0.4) is 0 Å². The minimum absolute atomic E-state index is 0. The van der Waals surface area contributed by atoms with Gasteiger partial charge in [-0.1, -0.05) is 42.0 Å². The van der Waals surface area contributed by atoms with Gasteiger partial charge in [0.1, 0.15) is 34.9 Å². The zero-order valence-corrected chi connectivity index (χ0v) is 25.6. The largest absolute Gasteiger partial charge is 1.00 e. The fourth-order valence-corrected chi connectivity index (χ4v) is 7.56.